The number of nitrogens with two attached hydrogens (primary N) is 2. The predicted molar refractivity (Wildman–Crippen MR) is 137 cm³/mol. The van der Waals surface area contributed by atoms with E-state index in [0.717, 1.165) is 10.1 Å². The zero-order chi connectivity index (χ0) is 29.1. The molecule has 0 aromatic rings. The van der Waals surface area contributed by atoms with Crippen LogP contribution < -0.4 is 33.2 Å². The second kappa shape index (κ2) is 9.99. The van der Waals surface area contributed by atoms with Gasteiger partial charge in [-0.2, -0.15) is 10.1 Å². The molecule has 6 rings (SSSR count). The molecular formula is C24H36N10O7. The molecule has 2 aliphatic carbocycles. The van der Waals surface area contributed by atoms with Gasteiger partial charge in [0.1, 0.15) is 12.1 Å². The molecule has 224 valence electrons. The highest BCUT2D eigenvalue weighted by molar-refractivity contribution is 5.93. The molecule has 0 radical (unpaired) electrons. The molecule has 0 aromatic heterocycles. The van der Waals surface area contributed by atoms with Gasteiger partial charge in [0, 0.05) is 26.2 Å². The minimum absolute atomic E-state index is 0.196. The topological polar surface area (TPSA) is 225 Å². The van der Waals surface area contributed by atoms with Gasteiger partial charge >= 0.3 is 12.1 Å². The van der Waals surface area contributed by atoms with Gasteiger partial charge in [0.05, 0.1) is 22.9 Å². The molecule has 4 bridgehead atoms. The van der Waals surface area contributed by atoms with Crippen LogP contribution >= 0.6 is 0 Å². The van der Waals surface area contributed by atoms with E-state index in [2.05, 4.69) is 21.7 Å². The molecular weight excluding hydrogens is 540 g/mol. The van der Waals surface area contributed by atoms with Crippen molar-refractivity contribution in [1.29, 1.82) is 0 Å². The third kappa shape index (κ3) is 4.61. The number of hydrogen-bond donors (Lipinski definition) is 6. The Morgan fingerprint density at radius 1 is 0.683 bits per heavy atom. The van der Waals surface area contributed by atoms with E-state index in [-0.39, 0.29) is 50.1 Å². The summed E-state index contributed by atoms with van der Waals surface area (Å²) in [5.74, 6) is -1.71. The lowest BCUT2D eigenvalue weighted by atomic mass is 10.0. The number of nitrogens with zero attached hydrogens (tertiary/aromatic N) is 4. The average molecular weight is 577 g/mol. The van der Waals surface area contributed by atoms with Gasteiger partial charge in [-0.25, -0.2) is 9.59 Å². The van der Waals surface area contributed by atoms with E-state index in [1.54, 1.807) is 0 Å². The first kappa shape index (κ1) is 27.5. The number of hydrazine groups is 2. The molecule has 41 heavy (non-hydrogen) atoms. The van der Waals surface area contributed by atoms with E-state index in [0.29, 0.717) is 51.4 Å². The minimum atomic E-state index is -0.810. The van der Waals surface area contributed by atoms with Crippen LogP contribution in [0.5, 0.6) is 0 Å². The van der Waals surface area contributed by atoms with Crippen LogP contribution in [0.3, 0.4) is 0 Å². The molecule has 4 atom stereocenters. The number of carbonyl (C=O) groups excluding carboxylic acids is 6. The first-order chi connectivity index (χ1) is 19.6. The normalized spacial score (nSPS) is 30.2. The molecule has 8 amide bonds. The van der Waals surface area contributed by atoms with Crippen LogP contribution in [0.4, 0.5) is 9.59 Å². The molecule has 17 heteroatoms. The van der Waals surface area contributed by atoms with Gasteiger partial charge < -0.3 is 21.3 Å². The van der Waals surface area contributed by atoms with Crippen molar-refractivity contribution in [2.45, 2.75) is 75.5 Å². The number of hydroxylamine groups is 4. The summed E-state index contributed by atoms with van der Waals surface area (Å²) in [6.45, 7) is 0.843. The number of rotatable bonds is 8. The van der Waals surface area contributed by atoms with Gasteiger partial charge in [-0.1, -0.05) is 0 Å². The summed E-state index contributed by atoms with van der Waals surface area (Å²) in [6.07, 6.45) is 4.26. The molecule has 8 N–H and O–H groups in total. The molecule has 6 fully saturated rings. The van der Waals surface area contributed by atoms with Crippen molar-refractivity contribution in [3.05, 3.63) is 0 Å². The van der Waals surface area contributed by atoms with E-state index < -0.39 is 46.8 Å². The molecule has 4 aliphatic heterocycles. The fourth-order valence-corrected chi connectivity index (χ4v) is 6.14. The first-order valence-electron chi connectivity index (χ1n) is 14.1. The Kier molecular flexibility index (Phi) is 6.69. The number of fused-ring (bicyclic) bond motifs is 4. The van der Waals surface area contributed by atoms with Gasteiger partial charge in [-0.05, 0) is 51.4 Å². The number of amides is 8. The van der Waals surface area contributed by atoms with Crippen molar-refractivity contribution in [3.8, 4) is 0 Å². The molecule has 0 spiro atoms. The summed E-state index contributed by atoms with van der Waals surface area (Å²) in [5.41, 5.74) is 19.8. The van der Waals surface area contributed by atoms with E-state index in [4.69, 9.17) is 16.4 Å². The van der Waals surface area contributed by atoms with Crippen LogP contribution in [-0.4, -0.2) is 106 Å². The second-order valence-corrected chi connectivity index (χ2v) is 12.0. The molecule has 2 saturated carbocycles. The predicted octanol–water partition coefficient (Wildman–Crippen LogP) is -2.86. The standard InChI is InChI=1S/C24H36N10O7/c25-11-23(5-6-23)19(37)29-27-17(35)15-3-1-13-9-31(15)21(39)33(13)41-34-14-2-4-16(32(10-14)22(34)40)18(36)28-30-20(38)24(12-26)7-8-24/h13-16H,1-12,25-26H2,(H,27,35)(H,28,36)(H,29,37)(H,30,38)/t13-,14-,15-,16-/m1/s1. The Hall–Kier alpha value is -3.70. The van der Waals surface area contributed by atoms with E-state index in [9.17, 15) is 28.8 Å². The molecule has 0 aromatic carbocycles. The summed E-state index contributed by atoms with van der Waals surface area (Å²) < 4.78 is 0. The van der Waals surface area contributed by atoms with Crippen molar-refractivity contribution in [2.24, 2.45) is 22.3 Å². The Morgan fingerprint density at radius 2 is 1.07 bits per heavy atom. The zero-order valence-corrected chi connectivity index (χ0v) is 22.6. The highest BCUT2D eigenvalue weighted by atomic mass is 16.9. The maximum atomic E-state index is 13.3. The lowest BCUT2D eigenvalue weighted by Crippen LogP contribution is -2.55. The molecule has 0 unspecified atom stereocenters. The summed E-state index contributed by atoms with van der Waals surface area (Å²) in [4.78, 5) is 85.4. The minimum Gasteiger partial charge on any atom is -0.329 e. The number of carbonyl (C=O) groups is 6. The maximum absolute atomic E-state index is 13.3. The van der Waals surface area contributed by atoms with E-state index >= 15 is 0 Å². The van der Waals surface area contributed by atoms with Gasteiger partial charge in [0.25, 0.3) is 11.8 Å². The highest BCUT2D eigenvalue weighted by Gasteiger charge is 2.54. The first-order valence-corrected chi connectivity index (χ1v) is 14.1. The number of piperidine rings is 2. The van der Waals surface area contributed by atoms with Crippen LogP contribution in [0.15, 0.2) is 0 Å². The molecule has 4 saturated heterocycles. The molecule has 4 heterocycles. The summed E-state index contributed by atoms with van der Waals surface area (Å²) in [7, 11) is 0. The quantitative estimate of drug-likeness (QED) is 0.163. The zero-order valence-electron chi connectivity index (χ0n) is 22.6. The van der Waals surface area contributed by atoms with Crippen molar-refractivity contribution in [2.75, 3.05) is 26.2 Å². The van der Waals surface area contributed by atoms with Crippen LogP contribution in [-0.2, 0) is 24.1 Å². The largest absolute Gasteiger partial charge is 0.347 e. The van der Waals surface area contributed by atoms with Gasteiger partial charge in [-0.15, -0.1) is 4.94 Å². The Morgan fingerprint density at radius 3 is 1.41 bits per heavy atom. The van der Waals surface area contributed by atoms with Crippen LogP contribution in [0.2, 0.25) is 0 Å². The molecule has 6 aliphatic rings. The van der Waals surface area contributed by atoms with Gasteiger partial charge in [0.2, 0.25) is 11.8 Å². The van der Waals surface area contributed by atoms with Crippen molar-refractivity contribution >= 4 is 35.7 Å². The molecule has 17 nitrogen and oxygen atoms in total. The number of hydrogen-bond acceptors (Lipinski definition) is 9. The van der Waals surface area contributed by atoms with Crippen molar-refractivity contribution in [1.82, 2.24) is 41.6 Å². The van der Waals surface area contributed by atoms with Crippen molar-refractivity contribution < 1.29 is 33.7 Å². The van der Waals surface area contributed by atoms with Crippen molar-refractivity contribution in [3.63, 3.8) is 0 Å². The number of urea groups is 2. The monoisotopic (exact) mass is 576 g/mol. The maximum Gasteiger partial charge on any atom is 0.347 e. The SMILES string of the molecule is NCC1(C(=O)NNC(=O)[C@H]2CC[C@@H]3CN2C(=O)N3ON2C(=O)N3C[C@H]2CC[C@@H]3C(=O)NNC(=O)C2(CN)CC2)CC1. The summed E-state index contributed by atoms with van der Waals surface area (Å²) in [5, 5.41) is 2.24. The lowest BCUT2D eigenvalue weighted by Gasteiger charge is -2.30. The van der Waals surface area contributed by atoms with E-state index in [1.807, 2.05) is 0 Å². The smallest absolute Gasteiger partial charge is 0.329 e. The Bertz CT molecular complexity index is 1090. The fourth-order valence-electron chi connectivity index (χ4n) is 6.14. The summed E-state index contributed by atoms with van der Waals surface area (Å²) in [6, 6.07) is -3.49. The summed E-state index contributed by atoms with van der Waals surface area (Å²) >= 11 is 0. The van der Waals surface area contributed by atoms with E-state index in [1.165, 1.54) is 9.80 Å². The number of nitrogens with one attached hydrogen (secondary N) is 4. The highest BCUT2D eigenvalue weighted by Crippen LogP contribution is 2.45. The average Bonchev–Trinajstić information content (AvgIpc) is 3.91. The van der Waals surface area contributed by atoms with Crippen LogP contribution in [0.25, 0.3) is 0 Å². The lowest BCUT2D eigenvalue weighted by molar-refractivity contribution is -0.284. The third-order valence-electron chi connectivity index (χ3n) is 9.48. The van der Waals surface area contributed by atoms with Gasteiger partial charge in [0.15, 0.2) is 0 Å². The fraction of sp³-hybridized carbons (Fsp3) is 0.750. The van der Waals surface area contributed by atoms with Crippen LogP contribution in [0, 0.1) is 10.8 Å². The Labute approximate surface area is 235 Å². The second-order valence-electron chi connectivity index (χ2n) is 12.0. The third-order valence-corrected chi connectivity index (χ3v) is 9.48. The Balaban J connectivity index is 1.03. The van der Waals surface area contributed by atoms with Crippen LogP contribution in [0.1, 0.15) is 51.4 Å². The van der Waals surface area contributed by atoms with Gasteiger partial charge in [-0.3, -0.25) is 40.9 Å².